The molecule has 3 heteroatoms. The lowest BCUT2D eigenvalue weighted by Gasteiger charge is -2.26. The van der Waals surface area contributed by atoms with Crippen LogP contribution < -0.4 is 5.32 Å². The molecule has 20 heavy (non-hydrogen) atoms. The number of nitrogens with one attached hydrogen (secondary N) is 1. The van der Waals surface area contributed by atoms with E-state index in [4.69, 9.17) is 4.74 Å². The van der Waals surface area contributed by atoms with Crippen LogP contribution in [-0.2, 0) is 17.6 Å². The van der Waals surface area contributed by atoms with Gasteiger partial charge in [0.2, 0.25) is 0 Å². The zero-order valence-electron chi connectivity index (χ0n) is 12.6. The molecule has 1 atom stereocenters. The highest BCUT2D eigenvalue weighted by Crippen LogP contribution is 2.24. The molecule has 0 radical (unpaired) electrons. The van der Waals surface area contributed by atoms with Crippen molar-refractivity contribution in [2.75, 3.05) is 19.8 Å². The molecule has 0 amide bonds. The third-order valence-electron chi connectivity index (χ3n) is 3.75. The molecule has 112 valence electrons. The quantitative estimate of drug-likeness (QED) is 0.759. The molecular weight excluding hydrogens is 314 g/mol. The number of hydrogen-bond acceptors (Lipinski definition) is 2. The van der Waals surface area contributed by atoms with E-state index in [0.717, 1.165) is 32.6 Å². The summed E-state index contributed by atoms with van der Waals surface area (Å²) in [4.78, 5) is 0. The van der Waals surface area contributed by atoms with Gasteiger partial charge in [0.25, 0.3) is 0 Å². The first kappa shape index (κ1) is 16.0. The highest BCUT2D eigenvalue weighted by molar-refractivity contribution is 9.10. The van der Waals surface area contributed by atoms with E-state index in [0.29, 0.717) is 12.0 Å². The Labute approximate surface area is 131 Å². The zero-order chi connectivity index (χ0) is 14.4. The SMILES string of the molecule is CC(C)COCCCNC1CCc2cc(Br)ccc2C1. The molecule has 1 N–H and O–H groups in total. The molecular formula is C17H26BrNO. The highest BCUT2D eigenvalue weighted by Gasteiger charge is 2.17. The van der Waals surface area contributed by atoms with Crippen LogP contribution in [0.5, 0.6) is 0 Å². The van der Waals surface area contributed by atoms with Crippen LogP contribution in [0, 0.1) is 5.92 Å². The lowest BCUT2D eigenvalue weighted by atomic mass is 9.88. The van der Waals surface area contributed by atoms with Gasteiger partial charge in [0, 0.05) is 23.7 Å². The second-order valence-electron chi connectivity index (χ2n) is 6.13. The molecule has 2 nitrogen and oxygen atoms in total. The van der Waals surface area contributed by atoms with E-state index < -0.39 is 0 Å². The van der Waals surface area contributed by atoms with Gasteiger partial charge in [-0.3, -0.25) is 0 Å². The van der Waals surface area contributed by atoms with Gasteiger partial charge in [0.1, 0.15) is 0 Å². The predicted molar refractivity (Wildman–Crippen MR) is 88.2 cm³/mol. The van der Waals surface area contributed by atoms with Crippen molar-refractivity contribution in [3.63, 3.8) is 0 Å². The normalized spacial score (nSPS) is 18.3. The molecule has 0 saturated carbocycles. The Balaban J connectivity index is 1.65. The lowest BCUT2D eigenvalue weighted by molar-refractivity contribution is 0.107. The Morgan fingerprint density at radius 3 is 3.00 bits per heavy atom. The minimum atomic E-state index is 0.633. The molecule has 1 aromatic carbocycles. The molecule has 0 spiro atoms. The average Bonchev–Trinajstić information content (AvgIpc) is 2.42. The molecule has 1 aromatic rings. The number of hydrogen-bond donors (Lipinski definition) is 1. The molecule has 0 fully saturated rings. The summed E-state index contributed by atoms with van der Waals surface area (Å²) in [5, 5.41) is 3.67. The van der Waals surface area contributed by atoms with Gasteiger partial charge in [-0.25, -0.2) is 0 Å². The lowest BCUT2D eigenvalue weighted by Crippen LogP contribution is -2.35. The fourth-order valence-electron chi connectivity index (χ4n) is 2.70. The van der Waals surface area contributed by atoms with E-state index in [9.17, 15) is 0 Å². The third-order valence-corrected chi connectivity index (χ3v) is 4.24. The second-order valence-corrected chi connectivity index (χ2v) is 7.04. The van der Waals surface area contributed by atoms with Crippen LogP contribution in [0.4, 0.5) is 0 Å². The van der Waals surface area contributed by atoms with Gasteiger partial charge >= 0.3 is 0 Å². The van der Waals surface area contributed by atoms with Crippen LogP contribution in [0.15, 0.2) is 22.7 Å². The van der Waals surface area contributed by atoms with Crippen LogP contribution in [-0.4, -0.2) is 25.8 Å². The second kappa shape index (κ2) is 8.16. The van der Waals surface area contributed by atoms with E-state index in [2.05, 4.69) is 53.3 Å². The van der Waals surface area contributed by atoms with Gasteiger partial charge in [-0.1, -0.05) is 35.8 Å². The number of ether oxygens (including phenoxy) is 1. The van der Waals surface area contributed by atoms with E-state index >= 15 is 0 Å². The summed E-state index contributed by atoms with van der Waals surface area (Å²) >= 11 is 3.55. The molecule has 0 heterocycles. The molecule has 2 rings (SSSR count). The largest absolute Gasteiger partial charge is 0.381 e. The Morgan fingerprint density at radius 2 is 2.20 bits per heavy atom. The summed E-state index contributed by atoms with van der Waals surface area (Å²) in [6.07, 6.45) is 4.71. The summed E-state index contributed by atoms with van der Waals surface area (Å²) in [5.74, 6) is 0.636. The average molecular weight is 340 g/mol. The van der Waals surface area contributed by atoms with Crippen LogP contribution in [0.2, 0.25) is 0 Å². The van der Waals surface area contributed by atoms with Gasteiger partial charge < -0.3 is 10.1 Å². The standard InChI is InChI=1S/C17H26BrNO/c1-13(2)12-20-9-3-8-19-17-7-5-14-10-16(18)6-4-15(14)11-17/h4,6,10,13,17,19H,3,5,7-9,11-12H2,1-2H3. The Bertz CT molecular complexity index is 419. The van der Waals surface area contributed by atoms with E-state index in [1.54, 1.807) is 0 Å². The minimum Gasteiger partial charge on any atom is -0.381 e. The monoisotopic (exact) mass is 339 g/mol. The number of aryl methyl sites for hydroxylation is 1. The van der Waals surface area contributed by atoms with Gasteiger partial charge in [0.15, 0.2) is 0 Å². The predicted octanol–water partition coefficient (Wildman–Crippen LogP) is 3.96. The van der Waals surface area contributed by atoms with Crippen molar-refractivity contribution in [3.8, 4) is 0 Å². The molecule has 0 bridgehead atoms. The first-order chi connectivity index (χ1) is 9.65. The van der Waals surface area contributed by atoms with Crippen molar-refractivity contribution in [2.45, 2.75) is 45.6 Å². The summed E-state index contributed by atoms with van der Waals surface area (Å²) in [7, 11) is 0. The van der Waals surface area contributed by atoms with E-state index in [-0.39, 0.29) is 0 Å². The molecule has 0 aliphatic heterocycles. The zero-order valence-corrected chi connectivity index (χ0v) is 14.2. The van der Waals surface area contributed by atoms with Crippen molar-refractivity contribution in [3.05, 3.63) is 33.8 Å². The highest BCUT2D eigenvalue weighted by atomic mass is 79.9. The first-order valence-corrected chi connectivity index (χ1v) is 8.53. The van der Waals surface area contributed by atoms with E-state index in [1.807, 2.05) is 0 Å². The van der Waals surface area contributed by atoms with Gasteiger partial charge in [-0.05, 0) is 61.4 Å². The molecule has 1 aliphatic rings. The van der Waals surface area contributed by atoms with Gasteiger partial charge in [-0.15, -0.1) is 0 Å². The van der Waals surface area contributed by atoms with Crippen LogP contribution >= 0.6 is 15.9 Å². The maximum atomic E-state index is 5.61. The number of halogens is 1. The minimum absolute atomic E-state index is 0.633. The van der Waals surface area contributed by atoms with Crippen molar-refractivity contribution in [2.24, 2.45) is 5.92 Å². The number of benzene rings is 1. The van der Waals surface area contributed by atoms with Gasteiger partial charge in [0.05, 0.1) is 0 Å². The molecule has 1 unspecified atom stereocenters. The van der Waals surface area contributed by atoms with Crippen molar-refractivity contribution in [1.82, 2.24) is 5.32 Å². The Hall–Kier alpha value is -0.380. The summed E-state index contributed by atoms with van der Waals surface area (Å²) < 4.78 is 6.81. The van der Waals surface area contributed by atoms with Crippen LogP contribution in [0.1, 0.15) is 37.8 Å². The smallest absolute Gasteiger partial charge is 0.0489 e. The Kier molecular flexibility index (Phi) is 6.53. The van der Waals surface area contributed by atoms with Gasteiger partial charge in [-0.2, -0.15) is 0 Å². The van der Waals surface area contributed by atoms with Crippen molar-refractivity contribution in [1.29, 1.82) is 0 Å². The van der Waals surface area contributed by atoms with Crippen LogP contribution in [0.25, 0.3) is 0 Å². The summed E-state index contributed by atoms with van der Waals surface area (Å²) in [6, 6.07) is 7.32. The van der Waals surface area contributed by atoms with E-state index in [1.165, 1.54) is 28.4 Å². The molecule has 1 aliphatic carbocycles. The van der Waals surface area contributed by atoms with Crippen LogP contribution in [0.3, 0.4) is 0 Å². The fraction of sp³-hybridized carbons (Fsp3) is 0.647. The fourth-order valence-corrected chi connectivity index (χ4v) is 3.11. The third kappa shape index (κ3) is 5.19. The maximum Gasteiger partial charge on any atom is 0.0489 e. The number of fused-ring (bicyclic) bond motifs is 1. The molecule has 0 aromatic heterocycles. The van der Waals surface area contributed by atoms with Crippen molar-refractivity contribution >= 4 is 15.9 Å². The summed E-state index contributed by atoms with van der Waals surface area (Å²) in [6.45, 7) is 7.20. The topological polar surface area (TPSA) is 21.3 Å². The Morgan fingerprint density at radius 1 is 1.35 bits per heavy atom. The molecule has 0 saturated heterocycles. The van der Waals surface area contributed by atoms with Crippen molar-refractivity contribution < 1.29 is 4.74 Å². The summed E-state index contributed by atoms with van der Waals surface area (Å²) in [5.41, 5.74) is 3.02. The first-order valence-electron chi connectivity index (χ1n) is 7.73. The number of rotatable bonds is 7. The maximum absolute atomic E-state index is 5.61.